The number of carbonyl (C=O) groups is 3. The molecule has 0 spiro atoms. The van der Waals surface area contributed by atoms with Crippen LogP contribution in [0.2, 0.25) is 0 Å². The lowest BCUT2D eigenvalue weighted by Crippen LogP contribution is -2.18. The first-order valence-corrected chi connectivity index (χ1v) is 7.98. The number of hydrogen-bond acceptors (Lipinski definition) is 4. The molecule has 0 amide bonds. The van der Waals surface area contributed by atoms with Crippen molar-refractivity contribution in [2.75, 3.05) is 0 Å². The lowest BCUT2D eigenvalue weighted by atomic mass is 9.88. The van der Waals surface area contributed by atoms with Crippen LogP contribution in [0, 0.1) is 0 Å². The third-order valence-corrected chi connectivity index (χ3v) is 4.41. The summed E-state index contributed by atoms with van der Waals surface area (Å²) in [4.78, 5) is 37.7. The Labute approximate surface area is 145 Å². The minimum absolute atomic E-state index is 0.0141. The third kappa shape index (κ3) is 2.17. The van der Waals surface area contributed by atoms with E-state index < -0.39 is 5.78 Å². The van der Waals surface area contributed by atoms with E-state index in [0.29, 0.717) is 15.6 Å². The van der Waals surface area contributed by atoms with Gasteiger partial charge in [-0.2, -0.15) is 0 Å². The highest BCUT2D eigenvalue weighted by atomic mass is 79.9. The second kappa shape index (κ2) is 5.39. The molecule has 0 radical (unpaired) electrons. The average molecular weight is 381 g/mol. The van der Waals surface area contributed by atoms with Crippen LogP contribution >= 0.6 is 15.9 Å². The zero-order valence-corrected chi connectivity index (χ0v) is 13.8. The molecule has 0 saturated heterocycles. The van der Waals surface area contributed by atoms with Crippen LogP contribution in [0.5, 0.6) is 0 Å². The molecule has 5 heteroatoms. The molecule has 0 N–H and O–H groups in total. The van der Waals surface area contributed by atoms with Crippen LogP contribution in [-0.2, 0) is 0 Å². The van der Waals surface area contributed by atoms with Gasteiger partial charge >= 0.3 is 0 Å². The molecule has 1 heterocycles. The Balaban J connectivity index is 1.83. The number of hydrogen-bond donors (Lipinski definition) is 0. The largest absolute Gasteiger partial charge is 0.448 e. The molecular formula is C19H9BrO4. The van der Waals surface area contributed by atoms with E-state index >= 15 is 0 Å². The predicted molar refractivity (Wildman–Crippen MR) is 89.6 cm³/mol. The van der Waals surface area contributed by atoms with Crippen molar-refractivity contribution >= 4 is 33.3 Å². The molecule has 1 aliphatic rings. The Morgan fingerprint density at radius 2 is 1.58 bits per heavy atom. The van der Waals surface area contributed by atoms with Crippen LogP contribution in [0.25, 0.3) is 0 Å². The normalized spacial score (nSPS) is 12.7. The van der Waals surface area contributed by atoms with Crippen molar-refractivity contribution in [3.63, 3.8) is 0 Å². The molecule has 0 bridgehead atoms. The molecule has 3 aromatic rings. The maximum Gasteiger partial charge on any atom is 0.229 e. The Hall–Kier alpha value is -2.79. The van der Waals surface area contributed by atoms with Gasteiger partial charge in [-0.1, -0.05) is 46.3 Å². The molecule has 0 saturated carbocycles. The highest BCUT2D eigenvalue weighted by molar-refractivity contribution is 9.10. The standard InChI is InChI=1S/C19H9BrO4/c20-11-6-7-12-13(8-11)18(23)19-14(17(12)22)9-15(24-19)16(21)10-4-2-1-3-5-10/h1-9H. The van der Waals surface area contributed by atoms with E-state index in [4.69, 9.17) is 4.42 Å². The maximum absolute atomic E-state index is 12.6. The topological polar surface area (TPSA) is 64.3 Å². The van der Waals surface area contributed by atoms with E-state index in [0.717, 1.165) is 0 Å². The summed E-state index contributed by atoms with van der Waals surface area (Å²) in [7, 11) is 0. The molecule has 116 valence electrons. The van der Waals surface area contributed by atoms with Gasteiger partial charge in [0.25, 0.3) is 0 Å². The van der Waals surface area contributed by atoms with Gasteiger partial charge in [0.05, 0.1) is 5.56 Å². The third-order valence-electron chi connectivity index (χ3n) is 3.91. The van der Waals surface area contributed by atoms with Gasteiger partial charge < -0.3 is 4.42 Å². The van der Waals surface area contributed by atoms with Gasteiger partial charge in [0, 0.05) is 21.2 Å². The van der Waals surface area contributed by atoms with Crippen LogP contribution < -0.4 is 0 Å². The molecule has 24 heavy (non-hydrogen) atoms. The van der Waals surface area contributed by atoms with Gasteiger partial charge in [0.15, 0.2) is 17.3 Å². The Kier molecular flexibility index (Phi) is 3.32. The first-order valence-electron chi connectivity index (χ1n) is 7.19. The van der Waals surface area contributed by atoms with Crippen LogP contribution in [0.3, 0.4) is 0 Å². The Morgan fingerprint density at radius 3 is 2.33 bits per heavy atom. The summed E-state index contributed by atoms with van der Waals surface area (Å²) in [6, 6.07) is 14.8. The van der Waals surface area contributed by atoms with Crippen molar-refractivity contribution < 1.29 is 18.8 Å². The molecule has 0 fully saturated rings. The summed E-state index contributed by atoms with van der Waals surface area (Å²) in [5.41, 5.74) is 1.16. The summed E-state index contributed by atoms with van der Waals surface area (Å²) in [5.74, 6) is -1.17. The number of rotatable bonds is 2. The maximum atomic E-state index is 12.6. The lowest BCUT2D eigenvalue weighted by molar-refractivity contribution is 0.0951. The van der Waals surface area contributed by atoms with Crippen molar-refractivity contribution in [2.45, 2.75) is 0 Å². The quantitative estimate of drug-likeness (QED) is 0.492. The van der Waals surface area contributed by atoms with Crippen LogP contribution in [-0.4, -0.2) is 17.3 Å². The summed E-state index contributed by atoms with van der Waals surface area (Å²) >= 11 is 3.29. The lowest BCUT2D eigenvalue weighted by Gasteiger charge is -2.12. The first kappa shape index (κ1) is 14.8. The Morgan fingerprint density at radius 1 is 0.833 bits per heavy atom. The van der Waals surface area contributed by atoms with Gasteiger partial charge in [-0.25, -0.2) is 0 Å². The van der Waals surface area contributed by atoms with Crippen molar-refractivity contribution in [3.8, 4) is 0 Å². The zero-order chi connectivity index (χ0) is 16.8. The minimum Gasteiger partial charge on any atom is -0.448 e. The fourth-order valence-corrected chi connectivity index (χ4v) is 3.10. The highest BCUT2D eigenvalue weighted by Gasteiger charge is 2.34. The molecule has 0 aliphatic heterocycles. The molecule has 4 rings (SSSR count). The molecule has 4 nitrogen and oxygen atoms in total. The van der Waals surface area contributed by atoms with E-state index in [1.165, 1.54) is 6.07 Å². The second-order valence-corrected chi connectivity index (χ2v) is 6.31. The van der Waals surface area contributed by atoms with Crippen molar-refractivity contribution in [1.82, 2.24) is 0 Å². The molecular weight excluding hydrogens is 372 g/mol. The molecule has 1 aliphatic carbocycles. The SMILES string of the molecule is O=C(c1ccccc1)c1cc2c(o1)C(=O)c1cc(Br)ccc1C2=O. The fraction of sp³-hybridized carbons (Fsp3) is 0. The van der Waals surface area contributed by atoms with Gasteiger partial charge in [0.2, 0.25) is 11.6 Å². The summed E-state index contributed by atoms with van der Waals surface area (Å²) < 4.78 is 6.16. The molecule has 0 atom stereocenters. The van der Waals surface area contributed by atoms with Crippen molar-refractivity contribution in [1.29, 1.82) is 0 Å². The molecule has 1 aromatic heterocycles. The van der Waals surface area contributed by atoms with Crippen LogP contribution in [0.15, 0.2) is 63.5 Å². The van der Waals surface area contributed by atoms with Gasteiger partial charge in [-0.05, 0) is 24.3 Å². The summed E-state index contributed by atoms with van der Waals surface area (Å²) in [5, 5.41) is 0. The summed E-state index contributed by atoms with van der Waals surface area (Å²) in [6.07, 6.45) is 0. The molecule has 0 unspecified atom stereocenters. The van der Waals surface area contributed by atoms with E-state index in [2.05, 4.69) is 15.9 Å². The first-order chi connectivity index (χ1) is 11.6. The fourth-order valence-electron chi connectivity index (χ4n) is 2.74. The number of benzene rings is 2. The van der Waals surface area contributed by atoms with E-state index in [1.54, 1.807) is 48.5 Å². The Bertz CT molecular complexity index is 1020. The van der Waals surface area contributed by atoms with E-state index in [-0.39, 0.29) is 34.2 Å². The predicted octanol–water partition coefficient (Wildman–Crippen LogP) is 4.05. The smallest absolute Gasteiger partial charge is 0.229 e. The van der Waals surface area contributed by atoms with Crippen LogP contribution in [0.4, 0.5) is 0 Å². The number of carbonyl (C=O) groups excluding carboxylic acids is 3. The van der Waals surface area contributed by atoms with Crippen molar-refractivity contribution in [2.24, 2.45) is 0 Å². The number of fused-ring (bicyclic) bond motifs is 2. The minimum atomic E-state index is -0.395. The highest BCUT2D eigenvalue weighted by Crippen LogP contribution is 2.31. The number of ketones is 3. The van der Waals surface area contributed by atoms with E-state index in [1.807, 2.05) is 0 Å². The van der Waals surface area contributed by atoms with Crippen molar-refractivity contribution in [3.05, 3.63) is 92.8 Å². The monoisotopic (exact) mass is 380 g/mol. The van der Waals surface area contributed by atoms with Gasteiger partial charge in [-0.15, -0.1) is 0 Å². The van der Waals surface area contributed by atoms with Gasteiger partial charge in [0.1, 0.15) is 0 Å². The molecule has 2 aromatic carbocycles. The van der Waals surface area contributed by atoms with Crippen LogP contribution in [0.1, 0.15) is 48.2 Å². The van der Waals surface area contributed by atoms with E-state index in [9.17, 15) is 14.4 Å². The number of halogens is 1. The van der Waals surface area contributed by atoms with Gasteiger partial charge in [-0.3, -0.25) is 14.4 Å². The summed E-state index contributed by atoms with van der Waals surface area (Å²) in [6.45, 7) is 0. The second-order valence-electron chi connectivity index (χ2n) is 5.40. The number of furan rings is 1. The average Bonchev–Trinajstić information content (AvgIpc) is 3.05. The zero-order valence-electron chi connectivity index (χ0n) is 12.2.